The number of aromatic nitrogens is 3. The highest BCUT2D eigenvalue weighted by Crippen LogP contribution is 2.28. The second-order valence-electron chi connectivity index (χ2n) is 8.00. The van der Waals surface area contributed by atoms with Crippen molar-refractivity contribution >= 4 is 28.2 Å². The van der Waals surface area contributed by atoms with E-state index in [9.17, 15) is 0 Å². The fourth-order valence-corrected chi connectivity index (χ4v) is 3.94. The van der Waals surface area contributed by atoms with Crippen molar-refractivity contribution in [1.29, 1.82) is 0 Å². The highest BCUT2D eigenvalue weighted by atomic mass is 15.2. The molecule has 31 heavy (non-hydrogen) atoms. The second kappa shape index (κ2) is 8.24. The van der Waals surface area contributed by atoms with Crippen molar-refractivity contribution in [3.63, 3.8) is 0 Å². The zero-order chi connectivity index (χ0) is 21.2. The maximum absolute atomic E-state index is 4.53. The molecule has 5 rings (SSSR count). The number of aromatic amines is 1. The maximum Gasteiger partial charge on any atom is 0.161 e. The molecule has 0 aliphatic carbocycles. The smallest absolute Gasteiger partial charge is 0.161 e. The molecule has 4 aromatic rings. The van der Waals surface area contributed by atoms with Crippen LogP contribution in [-0.4, -0.2) is 53.3 Å². The highest BCUT2D eigenvalue weighted by Gasteiger charge is 2.15. The molecular weight excluding hydrogens is 384 g/mol. The van der Waals surface area contributed by atoms with Crippen LogP contribution in [0.2, 0.25) is 0 Å². The Balaban J connectivity index is 1.34. The van der Waals surface area contributed by atoms with Crippen LogP contribution < -0.4 is 10.2 Å². The Kier molecular flexibility index (Phi) is 5.14. The third-order valence-electron chi connectivity index (χ3n) is 5.88. The Morgan fingerprint density at radius 1 is 0.968 bits per heavy atom. The van der Waals surface area contributed by atoms with Gasteiger partial charge in [-0.25, -0.2) is 4.98 Å². The quantitative estimate of drug-likeness (QED) is 0.509. The number of H-pyrrole nitrogens is 1. The van der Waals surface area contributed by atoms with Crippen molar-refractivity contribution < 1.29 is 0 Å². The number of piperazine rings is 1. The molecule has 6 nitrogen and oxygen atoms in total. The Labute approximate surface area is 182 Å². The Morgan fingerprint density at radius 2 is 1.71 bits per heavy atom. The van der Waals surface area contributed by atoms with E-state index in [-0.39, 0.29) is 0 Å². The minimum atomic E-state index is 0.730. The first-order valence-corrected chi connectivity index (χ1v) is 10.6. The highest BCUT2D eigenvalue weighted by molar-refractivity contribution is 5.94. The van der Waals surface area contributed by atoms with Crippen molar-refractivity contribution in [2.24, 2.45) is 0 Å². The fourth-order valence-electron chi connectivity index (χ4n) is 3.94. The zero-order valence-corrected chi connectivity index (χ0v) is 17.7. The number of pyridine rings is 1. The van der Waals surface area contributed by atoms with Crippen LogP contribution in [0, 0.1) is 0 Å². The molecule has 2 aromatic heterocycles. The van der Waals surface area contributed by atoms with Crippen molar-refractivity contribution in [3.8, 4) is 11.1 Å². The predicted octanol–water partition coefficient (Wildman–Crippen LogP) is 4.46. The van der Waals surface area contributed by atoms with Crippen LogP contribution in [0.1, 0.15) is 5.56 Å². The van der Waals surface area contributed by atoms with Crippen LogP contribution in [-0.2, 0) is 0 Å². The summed E-state index contributed by atoms with van der Waals surface area (Å²) in [6.07, 6.45) is 1.87. The fraction of sp³-hybridized carbons (Fsp3) is 0.200. The summed E-state index contributed by atoms with van der Waals surface area (Å²) in [4.78, 5) is 9.32. The number of benzene rings is 2. The van der Waals surface area contributed by atoms with Gasteiger partial charge in [-0.1, -0.05) is 49.0 Å². The Hall–Kier alpha value is -3.64. The maximum atomic E-state index is 4.53. The molecule has 1 aliphatic heterocycles. The van der Waals surface area contributed by atoms with E-state index in [1.54, 1.807) is 0 Å². The molecule has 0 unspecified atom stereocenters. The average molecular weight is 411 g/mol. The monoisotopic (exact) mass is 410 g/mol. The lowest BCUT2D eigenvalue weighted by atomic mass is 10.1. The van der Waals surface area contributed by atoms with E-state index < -0.39 is 0 Å². The Bertz CT molecular complexity index is 1190. The first-order valence-electron chi connectivity index (χ1n) is 10.6. The molecule has 1 fully saturated rings. The van der Waals surface area contributed by atoms with E-state index in [1.165, 1.54) is 5.69 Å². The second-order valence-corrected chi connectivity index (χ2v) is 8.00. The third kappa shape index (κ3) is 4.02. The Morgan fingerprint density at radius 3 is 2.45 bits per heavy atom. The normalized spacial score (nSPS) is 14.7. The van der Waals surface area contributed by atoms with Gasteiger partial charge in [0.15, 0.2) is 11.5 Å². The number of fused-ring (bicyclic) bond motifs is 1. The van der Waals surface area contributed by atoms with Gasteiger partial charge >= 0.3 is 0 Å². The molecule has 1 saturated heterocycles. The van der Waals surface area contributed by atoms with Crippen molar-refractivity contribution in [2.75, 3.05) is 43.4 Å². The van der Waals surface area contributed by atoms with Crippen LogP contribution in [0.15, 0.2) is 73.4 Å². The first kappa shape index (κ1) is 19.3. The zero-order valence-electron chi connectivity index (χ0n) is 17.7. The van der Waals surface area contributed by atoms with Crippen molar-refractivity contribution in [2.45, 2.75) is 0 Å². The standard InChI is InChI=1S/C25H26N6/c1-18(19-8-10-22(11-9-19)31-14-12-30(2)13-15-31)27-25-23-16-21(17-26-24(23)28-29-25)20-6-4-3-5-7-20/h3-11,16-17H,1,12-15H2,2H3,(H2,26,27,28,29). The number of anilines is 2. The molecule has 0 spiro atoms. The summed E-state index contributed by atoms with van der Waals surface area (Å²) in [6.45, 7) is 8.55. The van der Waals surface area contributed by atoms with E-state index in [0.29, 0.717) is 0 Å². The number of rotatable bonds is 5. The van der Waals surface area contributed by atoms with Gasteiger partial charge in [0, 0.05) is 49.3 Å². The van der Waals surface area contributed by atoms with Gasteiger partial charge in [-0.2, -0.15) is 5.10 Å². The van der Waals surface area contributed by atoms with Crippen LogP contribution in [0.4, 0.5) is 11.5 Å². The van der Waals surface area contributed by atoms with Gasteiger partial charge in [-0.05, 0) is 36.4 Å². The van der Waals surface area contributed by atoms with E-state index >= 15 is 0 Å². The lowest BCUT2D eigenvalue weighted by Gasteiger charge is -2.34. The predicted molar refractivity (Wildman–Crippen MR) is 128 cm³/mol. The first-order chi connectivity index (χ1) is 15.2. The number of likely N-dealkylation sites (N-methyl/N-ethyl adjacent to an activating group) is 1. The van der Waals surface area contributed by atoms with Gasteiger partial charge in [0.25, 0.3) is 0 Å². The summed E-state index contributed by atoms with van der Waals surface area (Å²) in [7, 11) is 2.17. The molecule has 1 aliphatic rings. The molecular formula is C25H26N6. The molecule has 3 heterocycles. The lowest BCUT2D eigenvalue weighted by Crippen LogP contribution is -2.44. The number of nitrogens with one attached hydrogen (secondary N) is 2. The van der Waals surface area contributed by atoms with Gasteiger partial charge in [0.1, 0.15) is 0 Å². The molecule has 156 valence electrons. The molecule has 2 N–H and O–H groups in total. The van der Waals surface area contributed by atoms with E-state index in [1.807, 2.05) is 24.4 Å². The molecule has 0 saturated carbocycles. The minimum Gasteiger partial charge on any atom is -0.369 e. The topological polar surface area (TPSA) is 60.1 Å². The van der Waals surface area contributed by atoms with Gasteiger partial charge < -0.3 is 15.1 Å². The largest absolute Gasteiger partial charge is 0.369 e. The van der Waals surface area contributed by atoms with Gasteiger partial charge in [0.2, 0.25) is 0 Å². The number of nitrogens with zero attached hydrogens (tertiary/aromatic N) is 4. The summed E-state index contributed by atoms with van der Waals surface area (Å²) in [5, 5.41) is 11.7. The molecule has 0 amide bonds. The summed E-state index contributed by atoms with van der Waals surface area (Å²) < 4.78 is 0. The van der Waals surface area contributed by atoms with Crippen LogP contribution >= 0.6 is 0 Å². The van der Waals surface area contributed by atoms with Crippen molar-refractivity contribution in [3.05, 3.63) is 79.0 Å². The summed E-state index contributed by atoms with van der Waals surface area (Å²) in [6, 6.07) is 20.9. The van der Waals surface area contributed by atoms with E-state index in [4.69, 9.17) is 0 Å². The summed E-state index contributed by atoms with van der Waals surface area (Å²) in [5.41, 5.74) is 6.04. The van der Waals surface area contributed by atoms with Crippen LogP contribution in [0.5, 0.6) is 0 Å². The lowest BCUT2D eigenvalue weighted by molar-refractivity contribution is 0.313. The molecule has 6 heteroatoms. The molecule has 2 aromatic carbocycles. The van der Waals surface area contributed by atoms with E-state index in [0.717, 1.165) is 65.4 Å². The van der Waals surface area contributed by atoms with Crippen LogP contribution in [0.25, 0.3) is 27.9 Å². The van der Waals surface area contributed by atoms with Crippen molar-refractivity contribution in [1.82, 2.24) is 20.1 Å². The van der Waals surface area contributed by atoms with Gasteiger partial charge in [0.05, 0.1) is 5.39 Å². The molecule has 0 radical (unpaired) electrons. The number of hydrogen-bond donors (Lipinski definition) is 2. The SMILES string of the molecule is C=C(Nc1n[nH]c2ncc(-c3ccccc3)cc12)c1ccc(N2CCN(C)CC2)cc1. The van der Waals surface area contributed by atoms with Crippen LogP contribution in [0.3, 0.4) is 0 Å². The van der Waals surface area contributed by atoms with Gasteiger partial charge in [-0.15, -0.1) is 0 Å². The number of hydrogen-bond acceptors (Lipinski definition) is 5. The minimum absolute atomic E-state index is 0.730. The molecule has 0 atom stereocenters. The summed E-state index contributed by atoms with van der Waals surface area (Å²) >= 11 is 0. The average Bonchev–Trinajstić information content (AvgIpc) is 3.22. The summed E-state index contributed by atoms with van der Waals surface area (Å²) in [5.74, 6) is 0.730. The molecule has 0 bridgehead atoms. The van der Waals surface area contributed by atoms with Gasteiger partial charge in [-0.3, -0.25) is 5.10 Å². The third-order valence-corrected chi connectivity index (χ3v) is 5.88. The van der Waals surface area contributed by atoms with E-state index in [2.05, 4.69) is 86.4 Å².